The molecule has 2 aromatic carbocycles. The Morgan fingerprint density at radius 3 is 2.29 bits per heavy atom. The number of likely N-dealkylation sites (tertiary alicyclic amines) is 1. The summed E-state index contributed by atoms with van der Waals surface area (Å²) in [5.74, 6) is 0.938. The zero-order valence-corrected chi connectivity index (χ0v) is 17.5. The normalized spacial score (nSPS) is 22.1. The van der Waals surface area contributed by atoms with Gasteiger partial charge in [0.05, 0.1) is 39.3 Å². The summed E-state index contributed by atoms with van der Waals surface area (Å²) in [6.45, 7) is 5.00. The van der Waals surface area contributed by atoms with Crippen molar-refractivity contribution in [1.29, 1.82) is 0 Å². The molecule has 1 aliphatic heterocycles. The largest absolute Gasteiger partial charge is 0.497 e. The zero-order valence-electron chi connectivity index (χ0n) is 17.5. The van der Waals surface area contributed by atoms with Crippen molar-refractivity contribution in [3.05, 3.63) is 65.7 Å². The SMILES string of the molecule is COc1ccc(CCC[N+]2(CCCCc3ccccc3)CCCC(N)C2)cc1. The van der Waals surface area contributed by atoms with E-state index in [1.165, 1.54) is 73.8 Å². The third kappa shape index (κ3) is 6.35. The molecule has 28 heavy (non-hydrogen) atoms. The molecular formula is C25H37N2O+. The van der Waals surface area contributed by atoms with Gasteiger partial charge in [0.1, 0.15) is 5.75 Å². The molecule has 0 aliphatic carbocycles. The predicted molar refractivity (Wildman–Crippen MR) is 118 cm³/mol. The van der Waals surface area contributed by atoms with Crippen LogP contribution in [0.15, 0.2) is 54.6 Å². The maximum Gasteiger partial charge on any atom is 0.118 e. The Morgan fingerprint density at radius 2 is 1.57 bits per heavy atom. The van der Waals surface area contributed by atoms with E-state index in [2.05, 4.69) is 54.6 Å². The summed E-state index contributed by atoms with van der Waals surface area (Å²) in [5, 5.41) is 0. The van der Waals surface area contributed by atoms with Crippen LogP contribution in [-0.2, 0) is 12.8 Å². The number of ether oxygens (including phenoxy) is 1. The Labute approximate surface area is 171 Å². The lowest BCUT2D eigenvalue weighted by Crippen LogP contribution is -2.58. The third-order valence-corrected chi connectivity index (χ3v) is 6.28. The van der Waals surface area contributed by atoms with E-state index in [-0.39, 0.29) is 0 Å². The van der Waals surface area contributed by atoms with Gasteiger partial charge >= 0.3 is 0 Å². The molecule has 3 nitrogen and oxygen atoms in total. The molecule has 1 aliphatic rings. The van der Waals surface area contributed by atoms with E-state index in [1.54, 1.807) is 7.11 Å². The Balaban J connectivity index is 1.49. The van der Waals surface area contributed by atoms with E-state index < -0.39 is 0 Å². The highest BCUT2D eigenvalue weighted by Crippen LogP contribution is 2.22. The average molecular weight is 382 g/mol. The van der Waals surface area contributed by atoms with Gasteiger partial charge in [-0.25, -0.2) is 0 Å². The molecule has 0 spiro atoms. The van der Waals surface area contributed by atoms with Crippen LogP contribution in [0.1, 0.15) is 43.2 Å². The number of quaternary nitrogens is 1. The highest BCUT2D eigenvalue weighted by Gasteiger charge is 2.32. The number of nitrogens with two attached hydrogens (primary N) is 1. The van der Waals surface area contributed by atoms with Gasteiger partial charge in [0.15, 0.2) is 0 Å². The molecule has 2 N–H and O–H groups in total. The third-order valence-electron chi connectivity index (χ3n) is 6.28. The lowest BCUT2D eigenvalue weighted by Gasteiger charge is -2.44. The minimum atomic E-state index is 0.379. The number of piperidine rings is 1. The highest BCUT2D eigenvalue weighted by molar-refractivity contribution is 5.27. The molecule has 2 atom stereocenters. The van der Waals surface area contributed by atoms with Gasteiger partial charge in [0.2, 0.25) is 0 Å². The number of methoxy groups -OCH3 is 1. The zero-order chi connectivity index (χ0) is 19.7. The molecule has 3 heteroatoms. The second-order valence-corrected chi connectivity index (χ2v) is 8.49. The Bertz CT molecular complexity index is 685. The lowest BCUT2D eigenvalue weighted by atomic mass is 10.00. The number of aryl methyl sites for hydroxylation is 2. The molecule has 0 aromatic heterocycles. The smallest absolute Gasteiger partial charge is 0.118 e. The van der Waals surface area contributed by atoms with E-state index in [9.17, 15) is 0 Å². The Hall–Kier alpha value is -1.84. The first-order valence-electron chi connectivity index (χ1n) is 11.0. The van der Waals surface area contributed by atoms with E-state index in [4.69, 9.17) is 10.5 Å². The van der Waals surface area contributed by atoms with E-state index in [0.29, 0.717) is 6.04 Å². The maximum atomic E-state index is 6.39. The number of unbranched alkanes of at least 4 members (excludes halogenated alkanes) is 1. The molecular weight excluding hydrogens is 344 g/mol. The average Bonchev–Trinajstić information content (AvgIpc) is 2.73. The fourth-order valence-electron chi connectivity index (χ4n) is 4.72. The predicted octanol–water partition coefficient (Wildman–Crippen LogP) is 4.59. The molecule has 3 rings (SSSR count). The summed E-state index contributed by atoms with van der Waals surface area (Å²) >= 11 is 0. The van der Waals surface area contributed by atoms with Crippen molar-refractivity contribution in [1.82, 2.24) is 0 Å². The fourth-order valence-corrected chi connectivity index (χ4v) is 4.72. The molecule has 0 amide bonds. The number of benzene rings is 2. The molecule has 2 unspecified atom stereocenters. The summed E-state index contributed by atoms with van der Waals surface area (Å²) in [6, 6.07) is 19.8. The summed E-state index contributed by atoms with van der Waals surface area (Å²) in [5.41, 5.74) is 9.26. The topological polar surface area (TPSA) is 35.2 Å². The first-order valence-corrected chi connectivity index (χ1v) is 11.0. The second kappa shape index (κ2) is 10.6. The molecule has 2 aromatic rings. The van der Waals surface area contributed by atoms with Crippen molar-refractivity contribution in [3.8, 4) is 5.75 Å². The maximum absolute atomic E-state index is 6.39. The second-order valence-electron chi connectivity index (χ2n) is 8.49. The van der Waals surface area contributed by atoms with Gasteiger partial charge in [0.25, 0.3) is 0 Å². The van der Waals surface area contributed by atoms with Crippen LogP contribution in [0.3, 0.4) is 0 Å². The minimum absolute atomic E-state index is 0.379. The first-order chi connectivity index (χ1) is 13.7. The monoisotopic (exact) mass is 381 g/mol. The fraction of sp³-hybridized carbons (Fsp3) is 0.520. The molecule has 1 heterocycles. The van der Waals surface area contributed by atoms with Crippen LogP contribution >= 0.6 is 0 Å². The van der Waals surface area contributed by atoms with Gasteiger partial charge in [-0.05, 0) is 61.8 Å². The van der Waals surface area contributed by atoms with Crippen molar-refractivity contribution in [2.45, 2.75) is 51.0 Å². The van der Waals surface area contributed by atoms with Crippen LogP contribution < -0.4 is 10.5 Å². The van der Waals surface area contributed by atoms with Crippen molar-refractivity contribution >= 4 is 0 Å². The van der Waals surface area contributed by atoms with Gasteiger partial charge < -0.3 is 15.0 Å². The minimum Gasteiger partial charge on any atom is -0.497 e. The molecule has 0 saturated carbocycles. The first kappa shape index (κ1) is 20.9. The van der Waals surface area contributed by atoms with Crippen LogP contribution in [0.2, 0.25) is 0 Å². The van der Waals surface area contributed by atoms with Crippen LogP contribution in [0.25, 0.3) is 0 Å². The van der Waals surface area contributed by atoms with Gasteiger partial charge in [-0.1, -0.05) is 42.5 Å². The van der Waals surface area contributed by atoms with Crippen molar-refractivity contribution in [2.75, 3.05) is 33.3 Å². The van der Waals surface area contributed by atoms with Gasteiger partial charge in [-0.3, -0.25) is 0 Å². The van der Waals surface area contributed by atoms with Crippen molar-refractivity contribution in [3.63, 3.8) is 0 Å². The number of hydrogen-bond acceptors (Lipinski definition) is 2. The van der Waals surface area contributed by atoms with E-state index in [0.717, 1.165) is 18.7 Å². The number of hydrogen-bond donors (Lipinski definition) is 1. The van der Waals surface area contributed by atoms with Crippen molar-refractivity contribution < 1.29 is 9.22 Å². The molecule has 152 valence electrons. The summed E-state index contributed by atoms with van der Waals surface area (Å²) < 4.78 is 6.49. The van der Waals surface area contributed by atoms with Crippen molar-refractivity contribution in [2.24, 2.45) is 5.73 Å². The Morgan fingerprint density at radius 1 is 0.893 bits per heavy atom. The molecule has 0 radical (unpaired) electrons. The van der Waals surface area contributed by atoms with Gasteiger partial charge in [-0.2, -0.15) is 0 Å². The number of rotatable bonds is 10. The van der Waals surface area contributed by atoms with Crippen LogP contribution in [0.5, 0.6) is 5.75 Å². The molecule has 1 saturated heterocycles. The van der Waals surface area contributed by atoms with Gasteiger partial charge in [-0.15, -0.1) is 0 Å². The standard InChI is InChI=1S/C25H37N2O/c1-28-25-16-14-23(15-17-25)12-7-19-27(20-8-13-24(26)21-27)18-6-5-11-22-9-3-2-4-10-22/h2-4,9-10,14-17,24H,5-8,11-13,18-21,26H2,1H3/q+1. The van der Waals surface area contributed by atoms with Crippen LogP contribution in [0.4, 0.5) is 0 Å². The van der Waals surface area contributed by atoms with Crippen LogP contribution in [0, 0.1) is 0 Å². The van der Waals surface area contributed by atoms with Gasteiger partial charge in [0, 0.05) is 6.42 Å². The highest BCUT2D eigenvalue weighted by atomic mass is 16.5. The van der Waals surface area contributed by atoms with E-state index in [1.807, 2.05) is 0 Å². The summed E-state index contributed by atoms with van der Waals surface area (Å²) in [7, 11) is 1.72. The number of nitrogens with zero attached hydrogens (tertiary/aromatic N) is 1. The molecule has 0 bridgehead atoms. The van der Waals surface area contributed by atoms with E-state index >= 15 is 0 Å². The molecule has 1 fully saturated rings. The summed E-state index contributed by atoms with van der Waals surface area (Å²) in [4.78, 5) is 0. The quantitative estimate of drug-likeness (QED) is 0.483. The lowest BCUT2D eigenvalue weighted by molar-refractivity contribution is -0.933. The Kier molecular flexibility index (Phi) is 7.93. The summed E-state index contributed by atoms with van der Waals surface area (Å²) in [6.07, 6.45) is 8.62. The van der Waals surface area contributed by atoms with Crippen LogP contribution in [-0.4, -0.2) is 43.8 Å².